The van der Waals surface area contributed by atoms with Crippen LogP contribution in [0.5, 0.6) is 0 Å². The molecule has 3 aromatic rings. The number of halogens is 1. The van der Waals surface area contributed by atoms with Crippen LogP contribution in [0.25, 0.3) is 17.4 Å². The summed E-state index contributed by atoms with van der Waals surface area (Å²) in [5.74, 6) is -0.0632. The predicted molar refractivity (Wildman–Crippen MR) is 116 cm³/mol. The van der Waals surface area contributed by atoms with Crippen molar-refractivity contribution in [2.75, 3.05) is 12.0 Å². The Morgan fingerprint density at radius 1 is 1.10 bits per heavy atom. The quantitative estimate of drug-likeness (QED) is 0.361. The first kappa shape index (κ1) is 20.4. The van der Waals surface area contributed by atoms with Crippen molar-refractivity contribution in [3.8, 4) is 11.3 Å². The highest BCUT2D eigenvalue weighted by Crippen LogP contribution is 2.29. The fourth-order valence-electron chi connectivity index (χ4n) is 3.21. The average molecular weight is 437 g/mol. The summed E-state index contributed by atoms with van der Waals surface area (Å²) in [5.41, 5.74) is 2.51. The first-order chi connectivity index (χ1) is 14.9. The number of imide groups is 1. The van der Waals surface area contributed by atoms with Crippen molar-refractivity contribution < 1.29 is 23.5 Å². The van der Waals surface area contributed by atoms with E-state index in [9.17, 15) is 14.4 Å². The Balaban J connectivity index is 1.62. The molecule has 0 bridgehead atoms. The molecule has 3 amide bonds. The van der Waals surface area contributed by atoms with Gasteiger partial charge in [0, 0.05) is 16.7 Å². The molecule has 0 saturated carbocycles. The fourth-order valence-corrected chi connectivity index (χ4v) is 3.34. The Bertz CT molecular complexity index is 1230. The van der Waals surface area contributed by atoms with Gasteiger partial charge in [0.2, 0.25) is 0 Å². The Labute approximate surface area is 182 Å². The number of carbonyl (C=O) groups excluding carboxylic acids is 3. The van der Waals surface area contributed by atoms with Crippen molar-refractivity contribution >= 4 is 41.3 Å². The zero-order chi connectivity index (χ0) is 22.1. The van der Waals surface area contributed by atoms with Gasteiger partial charge >= 0.3 is 12.0 Å². The predicted octanol–water partition coefficient (Wildman–Crippen LogP) is 4.79. The molecule has 0 unspecified atom stereocenters. The Morgan fingerprint density at radius 2 is 1.84 bits per heavy atom. The number of methoxy groups -OCH3 is 1. The highest BCUT2D eigenvalue weighted by Gasteiger charge is 2.35. The molecule has 4 rings (SSSR count). The zero-order valence-corrected chi connectivity index (χ0v) is 17.4. The van der Waals surface area contributed by atoms with Crippen molar-refractivity contribution in [2.45, 2.75) is 6.92 Å². The van der Waals surface area contributed by atoms with Gasteiger partial charge in [-0.2, -0.15) is 0 Å². The summed E-state index contributed by atoms with van der Waals surface area (Å²) in [7, 11) is 1.32. The van der Waals surface area contributed by atoms with Crippen LogP contribution in [-0.2, 0) is 9.53 Å². The Morgan fingerprint density at radius 3 is 2.55 bits per heavy atom. The SMILES string of the molecule is COC(=O)c1ccc(C)c(-c2ccc(/C=C3/NC(=O)N(c4ccc(Cl)cc4)C3=O)o2)c1. The maximum absolute atomic E-state index is 12.7. The Kier molecular flexibility index (Phi) is 5.35. The Hall–Kier alpha value is -3.84. The summed E-state index contributed by atoms with van der Waals surface area (Å²) in [6.07, 6.45) is 1.46. The third kappa shape index (κ3) is 3.95. The molecule has 8 heteroatoms. The van der Waals surface area contributed by atoms with Gasteiger partial charge in [-0.05, 0) is 61.0 Å². The number of carbonyl (C=O) groups is 3. The normalized spacial score (nSPS) is 14.8. The molecule has 0 spiro atoms. The van der Waals surface area contributed by atoms with Crippen LogP contribution in [0.4, 0.5) is 10.5 Å². The van der Waals surface area contributed by atoms with Gasteiger partial charge in [0.05, 0.1) is 18.4 Å². The second-order valence-electron chi connectivity index (χ2n) is 6.83. The molecule has 1 aliphatic rings. The third-order valence-corrected chi connectivity index (χ3v) is 5.05. The summed E-state index contributed by atoms with van der Waals surface area (Å²) < 4.78 is 10.6. The van der Waals surface area contributed by atoms with Crippen LogP contribution in [-0.4, -0.2) is 25.0 Å². The van der Waals surface area contributed by atoms with Gasteiger partial charge < -0.3 is 14.5 Å². The van der Waals surface area contributed by atoms with Gasteiger partial charge in [-0.15, -0.1) is 0 Å². The molecule has 0 atom stereocenters. The number of hydrogen-bond acceptors (Lipinski definition) is 5. The molecule has 1 N–H and O–H groups in total. The van der Waals surface area contributed by atoms with E-state index in [-0.39, 0.29) is 5.70 Å². The summed E-state index contributed by atoms with van der Waals surface area (Å²) in [6.45, 7) is 1.89. The van der Waals surface area contributed by atoms with Gasteiger partial charge in [-0.1, -0.05) is 17.7 Å². The number of furan rings is 1. The van der Waals surface area contributed by atoms with Gasteiger partial charge in [0.1, 0.15) is 17.2 Å². The molecule has 1 aromatic heterocycles. The lowest BCUT2D eigenvalue weighted by Gasteiger charge is -2.11. The number of aryl methyl sites for hydroxylation is 1. The number of ether oxygens (including phenoxy) is 1. The lowest BCUT2D eigenvalue weighted by atomic mass is 10.0. The third-order valence-electron chi connectivity index (χ3n) is 4.80. The summed E-state index contributed by atoms with van der Waals surface area (Å²) in [5, 5.41) is 3.05. The van der Waals surface area contributed by atoms with E-state index in [1.54, 1.807) is 54.6 Å². The van der Waals surface area contributed by atoms with Crippen LogP contribution in [0.15, 0.2) is 64.7 Å². The van der Waals surface area contributed by atoms with Crippen LogP contribution in [0.2, 0.25) is 5.02 Å². The van der Waals surface area contributed by atoms with Gasteiger partial charge in [-0.25, -0.2) is 14.5 Å². The van der Waals surface area contributed by atoms with E-state index in [0.29, 0.717) is 27.8 Å². The van der Waals surface area contributed by atoms with Crippen LogP contribution < -0.4 is 10.2 Å². The number of benzene rings is 2. The van der Waals surface area contributed by atoms with E-state index in [2.05, 4.69) is 5.32 Å². The number of esters is 1. The second-order valence-corrected chi connectivity index (χ2v) is 7.26. The standard InChI is InChI=1S/C23H17ClN2O5/c1-13-3-4-14(22(28)30-2)11-18(13)20-10-9-17(31-20)12-19-21(27)26(23(29)25-19)16-7-5-15(24)6-8-16/h3-12H,1-2H3,(H,25,29)/b19-12+. The number of anilines is 1. The zero-order valence-electron chi connectivity index (χ0n) is 16.6. The molecular weight excluding hydrogens is 420 g/mol. The molecule has 0 aliphatic carbocycles. The molecule has 0 radical (unpaired) electrons. The lowest BCUT2D eigenvalue weighted by Crippen LogP contribution is -2.30. The summed E-state index contributed by atoms with van der Waals surface area (Å²) >= 11 is 5.87. The van der Waals surface area contributed by atoms with Crippen LogP contribution in [0.1, 0.15) is 21.7 Å². The van der Waals surface area contributed by atoms with Crippen LogP contribution >= 0.6 is 11.6 Å². The second kappa shape index (κ2) is 8.12. The average Bonchev–Trinajstić information content (AvgIpc) is 3.33. The molecule has 1 fully saturated rings. The van der Waals surface area contributed by atoms with Crippen LogP contribution in [0.3, 0.4) is 0 Å². The number of hydrogen-bond donors (Lipinski definition) is 1. The maximum atomic E-state index is 12.7. The molecule has 7 nitrogen and oxygen atoms in total. The maximum Gasteiger partial charge on any atom is 0.337 e. The summed E-state index contributed by atoms with van der Waals surface area (Å²) in [4.78, 5) is 37.9. The molecule has 31 heavy (non-hydrogen) atoms. The van der Waals surface area contributed by atoms with E-state index in [0.717, 1.165) is 16.0 Å². The van der Waals surface area contributed by atoms with E-state index >= 15 is 0 Å². The van der Waals surface area contributed by atoms with Gasteiger partial charge in [0.25, 0.3) is 5.91 Å². The largest absolute Gasteiger partial charge is 0.465 e. The minimum Gasteiger partial charge on any atom is -0.465 e. The minimum atomic E-state index is -0.563. The van der Waals surface area contributed by atoms with Crippen molar-refractivity contribution in [1.82, 2.24) is 5.32 Å². The van der Waals surface area contributed by atoms with Gasteiger partial charge in [0.15, 0.2) is 0 Å². The molecule has 156 valence electrons. The van der Waals surface area contributed by atoms with Crippen molar-refractivity contribution in [2.24, 2.45) is 0 Å². The first-order valence-corrected chi connectivity index (χ1v) is 9.67. The number of rotatable bonds is 4. The van der Waals surface area contributed by atoms with Crippen molar-refractivity contribution in [1.29, 1.82) is 0 Å². The van der Waals surface area contributed by atoms with E-state index in [1.165, 1.54) is 13.2 Å². The topological polar surface area (TPSA) is 88.9 Å². The van der Waals surface area contributed by atoms with Crippen molar-refractivity contribution in [3.63, 3.8) is 0 Å². The highest BCUT2D eigenvalue weighted by atomic mass is 35.5. The summed E-state index contributed by atoms with van der Waals surface area (Å²) in [6, 6.07) is 14.4. The molecule has 1 aliphatic heterocycles. The monoisotopic (exact) mass is 436 g/mol. The fraction of sp³-hybridized carbons (Fsp3) is 0.0870. The van der Waals surface area contributed by atoms with E-state index < -0.39 is 17.9 Å². The molecule has 1 saturated heterocycles. The minimum absolute atomic E-state index is 0.0842. The highest BCUT2D eigenvalue weighted by molar-refractivity contribution is 6.31. The number of amides is 3. The lowest BCUT2D eigenvalue weighted by molar-refractivity contribution is -0.113. The molecule has 2 aromatic carbocycles. The number of urea groups is 1. The van der Waals surface area contributed by atoms with E-state index in [4.69, 9.17) is 20.8 Å². The number of nitrogens with zero attached hydrogens (tertiary/aromatic N) is 1. The van der Waals surface area contributed by atoms with E-state index in [1.807, 2.05) is 6.92 Å². The van der Waals surface area contributed by atoms with Gasteiger partial charge in [-0.3, -0.25) is 4.79 Å². The number of nitrogens with one attached hydrogen (secondary N) is 1. The molecular formula is C23H17ClN2O5. The molecule has 2 heterocycles. The smallest absolute Gasteiger partial charge is 0.337 e. The first-order valence-electron chi connectivity index (χ1n) is 9.29. The van der Waals surface area contributed by atoms with Crippen LogP contribution in [0, 0.1) is 6.92 Å². The van der Waals surface area contributed by atoms with Crippen molar-refractivity contribution in [3.05, 3.63) is 82.2 Å².